The molecule has 2 fully saturated rings. The van der Waals surface area contributed by atoms with E-state index in [0.29, 0.717) is 0 Å². The van der Waals surface area contributed by atoms with Crippen molar-refractivity contribution in [3.8, 4) is 0 Å². The van der Waals surface area contributed by atoms with Crippen molar-refractivity contribution in [1.29, 1.82) is 0 Å². The molecule has 14 heteroatoms. The van der Waals surface area contributed by atoms with E-state index < -0.39 is 60.4 Å². The monoisotopic (exact) mass is 614 g/mol. The molecule has 3 heterocycles. The van der Waals surface area contributed by atoms with Crippen LogP contribution in [0.3, 0.4) is 0 Å². The lowest BCUT2D eigenvalue weighted by molar-refractivity contribution is -0.133. The van der Waals surface area contributed by atoms with Gasteiger partial charge >= 0.3 is 0 Å². The minimum absolute atomic E-state index is 0.0757. The molecule has 43 heavy (non-hydrogen) atoms. The molecular weight excluding hydrogens is 589 g/mol. The van der Waals surface area contributed by atoms with E-state index >= 15 is 0 Å². The molecule has 5 rings (SSSR count). The number of benzene rings is 1. The van der Waals surface area contributed by atoms with Crippen molar-refractivity contribution >= 4 is 46.7 Å². The Morgan fingerprint density at radius 2 is 1.91 bits per heavy atom. The van der Waals surface area contributed by atoms with Gasteiger partial charge in [0.1, 0.15) is 17.7 Å². The molecule has 1 aromatic carbocycles. The molecule has 0 spiro atoms. The summed E-state index contributed by atoms with van der Waals surface area (Å²) in [6, 6.07) is 6.83. The highest BCUT2D eigenvalue weighted by molar-refractivity contribution is 6.31. The van der Waals surface area contributed by atoms with Crippen LogP contribution in [0.15, 0.2) is 61.1 Å². The van der Waals surface area contributed by atoms with E-state index in [-0.39, 0.29) is 52.8 Å². The van der Waals surface area contributed by atoms with Crippen molar-refractivity contribution in [3.63, 3.8) is 0 Å². The van der Waals surface area contributed by atoms with E-state index in [1.807, 2.05) is 0 Å². The lowest BCUT2D eigenvalue weighted by Gasteiger charge is -2.38. The van der Waals surface area contributed by atoms with Crippen molar-refractivity contribution in [3.05, 3.63) is 83.0 Å². The van der Waals surface area contributed by atoms with Gasteiger partial charge in [-0.1, -0.05) is 29.8 Å². The SMILES string of the molecule is NC(=O)c1ccnc(N2C(=O)CC[C@H]2CC(=O)N(c2cncc(F)c2)[C@H](C(=O)NC2CC(F)(F)C2)c2ccccc2Cl)c1. The second-order valence-corrected chi connectivity index (χ2v) is 10.9. The number of nitrogens with one attached hydrogen (secondary N) is 1. The highest BCUT2D eigenvalue weighted by Gasteiger charge is 2.47. The second kappa shape index (κ2) is 12.0. The zero-order valence-corrected chi connectivity index (χ0v) is 23.3. The van der Waals surface area contributed by atoms with Gasteiger partial charge < -0.3 is 11.1 Å². The van der Waals surface area contributed by atoms with Gasteiger partial charge in [0.15, 0.2) is 0 Å². The maximum absolute atomic E-state index is 14.4. The predicted octanol–water partition coefficient (Wildman–Crippen LogP) is 3.94. The van der Waals surface area contributed by atoms with Gasteiger partial charge in [0.05, 0.1) is 18.1 Å². The van der Waals surface area contributed by atoms with Crippen LogP contribution in [0.2, 0.25) is 5.02 Å². The average molecular weight is 615 g/mol. The number of anilines is 2. The van der Waals surface area contributed by atoms with Gasteiger partial charge in [-0.2, -0.15) is 0 Å². The Morgan fingerprint density at radius 3 is 2.58 bits per heavy atom. The number of amides is 4. The van der Waals surface area contributed by atoms with Crippen molar-refractivity contribution < 1.29 is 32.3 Å². The highest BCUT2D eigenvalue weighted by atomic mass is 35.5. The zero-order valence-electron chi connectivity index (χ0n) is 22.6. The molecule has 224 valence electrons. The quantitative estimate of drug-likeness (QED) is 0.374. The number of carbonyl (C=O) groups excluding carboxylic acids is 4. The molecule has 10 nitrogen and oxygen atoms in total. The largest absolute Gasteiger partial charge is 0.366 e. The van der Waals surface area contributed by atoms with Gasteiger partial charge in [-0.15, -0.1) is 0 Å². The van der Waals surface area contributed by atoms with E-state index in [0.717, 1.165) is 17.2 Å². The van der Waals surface area contributed by atoms with Gasteiger partial charge in [-0.25, -0.2) is 18.2 Å². The van der Waals surface area contributed by atoms with Crippen LogP contribution in [0.5, 0.6) is 0 Å². The number of aromatic nitrogens is 2. The van der Waals surface area contributed by atoms with E-state index in [2.05, 4.69) is 15.3 Å². The van der Waals surface area contributed by atoms with Gasteiger partial charge in [-0.05, 0) is 24.6 Å². The molecule has 1 aliphatic carbocycles. The van der Waals surface area contributed by atoms with Crippen LogP contribution in [-0.2, 0) is 14.4 Å². The molecule has 2 aromatic heterocycles. The number of nitrogens with zero attached hydrogens (tertiary/aromatic N) is 4. The number of carbonyl (C=O) groups is 4. The molecule has 2 atom stereocenters. The summed E-state index contributed by atoms with van der Waals surface area (Å²) in [7, 11) is 0. The van der Waals surface area contributed by atoms with Crippen LogP contribution in [0, 0.1) is 5.82 Å². The Bertz CT molecular complexity index is 1580. The summed E-state index contributed by atoms with van der Waals surface area (Å²) in [6.07, 6.45) is 2.24. The first-order valence-corrected chi connectivity index (χ1v) is 13.7. The molecule has 0 unspecified atom stereocenters. The molecule has 1 saturated heterocycles. The summed E-state index contributed by atoms with van der Waals surface area (Å²) in [5.41, 5.74) is 5.57. The average Bonchev–Trinajstić information content (AvgIpc) is 3.30. The van der Waals surface area contributed by atoms with Crippen molar-refractivity contribution in [1.82, 2.24) is 15.3 Å². The number of primary amides is 1. The summed E-state index contributed by atoms with van der Waals surface area (Å²) in [5.74, 6) is -6.19. The third kappa shape index (κ3) is 6.46. The fourth-order valence-corrected chi connectivity index (χ4v) is 5.60. The summed E-state index contributed by atoms with van der Waals surface area (Å²) >= 11 is 6.47. The van der Waals surface area contributed by atoms with Crippen LogP contribution in [0.25, 0.3) is 0 Å². The Labute approximate surface area is 249 Å². The standard InChI is InChI=1S/C29H26ClF3N6O4/c30-22-4-2-1-3-21(22)26(28(43)37-18-12-29(32,33)13-18)39(20-10-17(31)14-35-15-20)25(41)11-19-5-6-24(40)38(19)23-9-16(27(34)42)7-8-36-23/h1-4,7-10,14-15,18-19,26H,5-6,11-13H2,(H2,34,42)(H,37,43)/t19-,26-/m0/s1. The molecule has 1 aliphatic heterocycles. The molecule has 1 saturated carbocycles. The third-order valence-electron chi connectivity index (χ3n) is 7.39. The Morgan fingerprint density at radius 1 is 1.16 bits per heavy atom. The topological polar surface area (TPSA) is 139 Å². The second-order valence-electron chi connectivity index (χ2n) is 10.4. The predicted molar refractivity (Wildman–Crippen MR) is 150 cm³/mol. The number of hydrogen-bond donors (Lipinski definition) is 2. The normalized spacial score (nSPS) is 18.6. The number of alkyl halides is 2. The maximum Gasteiger partial charge on any atom is 0.252 e. The minimum atomic E-state index is -2.92. The third-order valence-corrected chi connectivity index (χ3v) is 7.74. The molecule has 4 amide bonds. The molecule has 0 radical (unpaired) electrons. The zero-order chi connectivity index (χ0) is 30.9. The van der Waals surface area contributed by atoms with Crippen LogP contribution in [-0.4, -0.2) is 51.6 Å². The highest BCUT2D eigenvalue weighted by Crippen LogP contribution is 2.39. The van der Waals surface area contributed by atoms with E-state index in [1.165, 1.54) is 41.6 Å². The summed E-state index contributed by atoms with van der Waals surface area (Å²) in [5, 5.41) is 2.67. The Kier molecular flexibility index (Phi) is 8.36. The maximum atomic E-state index is 14.4. The fourth-order valence-electron chi connectivity index (χ4n) is 5.36. The Balaban J connectivity index is 1.52. The first-order valence-electron chi connectivity index (χ1n) is 13.4. The van der Waals surface area contributed by atoms with Crippen LogP contribution >= 0.6 is 11.6 Å². The molecule has 3 aromatic rings. The summed E-state index contributed by atoms with van der Waals surface area (Å²) in [4.78, 5) is 62.9. The van der Waals surface area contributed by atoms with Gasteiger partial charge in [0, 0.05) is 66.2 Å². The number of hydrogen-bond acceptors (Lipinski definition) is 6. The van der Waals surface area contributed by atoms with E-state index in [9.17, 15) is 32.3 Å². The fraction of sp³-hybridized carbons (Fsp3) is 0.310. The van der Waals surface area contributed by atoms with Crippen LogP contribution in [0.4, 0.5) is 24.7 Å². The first kappa shape index (κ1) is 30.0. The molecule has 2 aliphatic rings. The van der Waals surface area contributed by atoms with Crippen molar-refractivity contribution in [2.75, 3.05) is 9.80 Å². The van der Waals surface area contributed by atoms with Crippen molar-refractivity contribution in [2.24, 2.45) is 5.73 Å². The van der Waals surface area contributed by atoms with Gasteiger partial charge in [0.25, 0.3) is 5.92 Å². The minimum Gasteiger partial charge on any atom is -0.366 e. The van der Waals surface area contributed by atoms with Crippen molar-refractivity contribution in [2.45, 2.75) is 56.2 Å². The summed E-state index contributed by atoms with van der Waals surface area (Å²) < 4.78 is 41.6. The number of pyridine rings is 2. The smallest absolute Gasteiger partial charge is 0.252 e. The summed E-state index contributed by atoms with van der Waals surface area (Å²) in [6.45, 7) is 0. The number of rotatable bonds is 9. The van der Waals surface area contributed by atoms with E-state index in [1.54, 1.807) is 12.1 Å². The van der Waals surface area contributed by atoms with Crippen LogP contribution < -0.4 is 20.9 Å². The van der Waals surface area contributed by atoms with Gasteiger partial charge in [-0.3, -0.25) is 34.0 Å². The van der Waals surface area contributed by atoms with Gasteiger partial charge in [0.2, 0.25) is 23.6 Å². The molecule has 3 N–H and O–H groups in total. The Hall–Kier alpha value is -4.52. The number of nitrogens with two attached hydrogens (primary N) is 1. The van der Waals surface area contributed by atoms with E-state index in [4.69, 9.17) is 17.3 Å². The number of halogens is 4. The first-order chi connectivity index (χ1) is 20.4. The lowest BCUT2D eigenvalue weighted by Crippen LogP contribution is -2.54. The lowest BCUT2D eigenvalue weighted by atomic mass is 9.87. The molecular formula is C29H26ClF3N6O4. The van der Waals surface area contributed by atoms with Crippen LogP contribution in [0.1, 0.15) is 54.1 Å². The molecule has 0 bridgehead atoms.